The average Bonchev–Trinajstić information content (AvgIpc) is 3.19. The van der Waals surface area contributed by atoms with Gasteiger partial charge in [-0.15, -0.1) is 10.2 Å². The molecule has 2 aromatic carbocycles. The van der Waals surface area contributed by atoms with Crippen LogP contribution in [0.2, 0.25) is 0 Å². The fraction of sp³-hybridized carbons (Fsp3) is 0.250. The molecule has 4 rings (SSSR count). The van der Waals surface area contributed by atoms with E-state index in [0.717, 1.165) is 33.2 Å². The minimum absolute atomic E-state index is 0.0619. The number of para-hydroxylation sites is 2. The number of nitrogens with zero attached hydrogens (tertiary/aromatic N) is 4. The van der Waals surface area contributed by atoms with Crippen LogP contribution in [0.4, 0.5) is 5.69 Å². The number of thioether (sulfide) groups is 1. The quantitative estimate of drug-likeness (QED) is 0.525. The molecule has 0 atom stereocenters. The van der Waals surface area contributed by atoms with Crippen LogP contribution >= 0.6 is 11.8 Å². The number of nitrogens with one attached hydrogen (secondary N) is 1. The number of aryl methyl sites for hydroxylation is 1. The summed E-state index contributed by atoms with van der Waals surface area (Å²) in [5, 5.41) is 12.3. The number of carbonyl (C=O) groups excluding carboxylic acids is 1. The van der Waals surface area contributed by atoms with Crippen LogP contribution in [0.5, 0.6) is 0 Å². The second-order valence-corrected chi connectivity index (χ2v) is 7.72. The van der Waals surface area contributed by atoms with Gasteiger partial charge in [-0.1, -0.05) is 41.6 Å². The molecule has 0 unspecified atom stereocenters. The SMILES string of the molecule is Cc1ccc(NC(=O)CSc2nnc3n(C(C)C)c4ccccc4n23)cc1. The zero-order valence-electron chi connectivity index (χ0n) is 15.5. The van der Waals surface area contributed by atoms with Gasteiger partial charge in [-0.3, -0.25) is 9.20 Å². The van der Waals surface area contributed by atoms with Crippen molar-refractivity contribution < 1.29 is 4.79 Å². The summed E-state index contributed by atoms with van der Waals surface area (Å²) < 4.78 is 4.19. The fourth-order valence-electron chi connectivity index (χ4n) is 3.16. The average molecular weight is 379 g/mol. The molecule has 0 aliphatic rings. The van der Waals surface area contributed by atoms with Crippen LogP contribution in [0.15, 0.2) is 53.7 Å². The Labute approximate surface area is 161 Å². The van der Waals surface area contributed by atoms with Gasteiger partial charge in [0.1, 0.15) is 0 Å². The Morgan fingerprint density at radius 2 is 1.78 bits per heavy atom. The Morgan fingerprint density at radius 3 is 2.48 bits per heavy atom. The van der Waals surface area contributed by atoms with Gasteiger partial charge in [0.2, 0.25) is 11.7 Å². The minimum atomic E-state index is -0.0619. The van der Waals surface area contributed by atoms with E-state index < -0.39 is 0 Å². The van der Waals surface area contributed by atoms with Gasteiger partial charge in [-0.2, -0.15) is 0 Å². The number of anilines is 1. The van der Waals surface area contributed by atoms with Crippen LogP contribution in [0, 0.1) is 6.92 Å². The lowest BCUT2D eigenvalue weighted by molar-refractivity contribution is -0.113. The van der Waals surface area contributed by atoms with Crippen molar-refractivity contribution in [1.29, 1.82) is 0 Å². The molecule has 0 saturated carbocycles. The molecule has 1 amide bonds. The summed E-state index contributed by atoms with van der Waals surface area (Å²) in [6.07, 6.45) is 0. The number of amides is 1. The number of rotatable bonds is 5. The van der Waals surface area contributed by atoms with Crippen molar-refractivity contribution in [2.45, 2.75) is 32.0 Å². The molecule has 0 spiro atoms. The molecule has 2 heterocycles. The van der Waals surface area contributed by atoms with Crippen LogP contribution in [0.3, 0.4) is 0 Å². The van der Waals surface area contributed by atoms with Gasteiger partial charge >= 0.3 is 0 Å². The van der Waals surface area contributed by atoms with Crippen LogP contribution in [0.1, 0.15) is 25.5 Å². The van der Waals surface area contributed by atoms with Crippen molar-refractivity contribution in [3.63, 3.8) is 0 Å². The van der Waals surface area contributed by atoms with Crippen molar-refractivity contribution >= 4 is 40.2 Å². The van der Waals surface area contributed by atoms with Crippen LogP contribution < -0.4 is 5.32 Å². The predicted molar refractivity (Wildman–Crippen MR) is 109 cm³/mol. The van der Waals surface area contributed by atoms with Gasteiger partial charge in [-0.25, -0.2) is 0 Å². The first-order chi connectivity index (χ1) is 13.0. The molecule has 7 heteroatoms. The smallest absolute Gasteiger partial charge is 0.237 e. The lowest BCUT2D eigenvalue weighted by Crippen LogP contribution is -2.14. The molecule has 0 aliphatic heterocycles. The van der Waals surface area contributed by atoms with E-state index in [1.807, 2.05) is 47.7 Å². The molecule has 27 heavy (non-hydrogen) atoms. The number of hydrogen-bond acceptors (Lipinski definition) is 4. The van der Waals surface area contributed by atoms with Crippen LogP contribution in [0.25, 0.3) is 16.8 Å². The standard InChI is InChI=1S/C20H21N5OS/c1-13(2)24-16-6-4-5-7-17(16)25-19(24)22-23-20(25)27-12-18(26)21-15-10-8-14(3)9-11-15/h4-11,13H,12H2,1-3H3,(H,21,26). The van der Waals surface area contributed by atoms with Gasteiger partial charge in [0.25, 0.3) is 0 Å². The Balaban J connectivity index is 1.58. The second kappa shape index (κ2) is 7.08. The summed E-state index contributed by atoms with van der Waals surface area (Å²) in [6, 6.07) is 16.2. The molecule has 1 N–H and O–H groups in total. The molecular weight excluding hydrogens is 358 g/mol. The third-order valence-corrected chi connectivity index (χ3v) is 5.33. The van der Waals surface area contributed by atoms with Crippen molar-refractivity contribution in [2.75, 3.05) is 11.1 Å². The fourth-order valence-corrected chi connectivity index (χ4v) is 3.90. The maximum absolute atomic E-state index is 12.3. The number of imidazole rings is 1. The Kier molecular flexibility index (Phi) is 4.61. The molecule has 0 bridgehead atoms. The maximum Gasteiger partial charge on any atom is 0.237 e. The summed E-state index contributed by atoms with van der Waals surface area (Å²) in [5.74, 6) is 1.01. The van der Waals surface area contributed by atoms with Gasteiger partial charge in [0, 0.05) is 11.7 Å². The Morgan fingerprint density at radius 1 is 1.07 bits per heavy atom. The zero-order valence-corrected chi connectivity index (χ0v) is 16.3. The monoisotopic (exact) mass is 379 g/mol. The molecular formula is C20H21N5OS. The number of carbonyl (C=O) groups is 1. The van der Waals surface area contributed by atoms with Crippen molar-refractivity contribution in [2.24, 2.45) is 0 Å². The summed E-state index contributed by atoms with van der Waals surface area (Å²) in [5.41, 5.74) is 4.12. The van der Waals surface area contributed by atoms with E-state index >= 15 is 0 Å². The number of benzene rings is 2. The van der Waals surface area contributed by atoms with E-state index in [0.29, 0.717) is 0 Å². The molecule has 0 aliphatic carbocycles. The van der Waals surface area contributed by atoms with Gasteiger partial charge in [0.15, 0.2) is 5.16 Å². The number of hydrogen-bond donors (Lipinski definition) is 1. The third kappa shape index (κ3) is 3.30. The third-order valence-electron chi connectivity index (χ3n) is 4.40. The lowest BCUT2D eigenvalue weighted by atomic mass is 10.2. The first kappa shape index (κ1) is 17.6. The summed E-state index contributed by atoms with van der Waals surface area (Å²) in [6.45, 7) is 6.28. The van der Waals surface area contributed by atoms with E-state index in [-0.39, 0.29) is 17.7 Å². The molecule has 0 fully saturated rings. The summed E-state index contributed by atoms with van der Waals surface area (Å²) in [7, 11) is 0. The molecule has 138 valence electrons. The highest BCUT2D eigenvalue weighted by Crippen LogP contribution is 2.28. The number of aromatic nitrogens is 4. The van der Waals surface area contributed by atoms with Gasteiger partial charge < -0.3 is 9.88 Å². The Bertz CT molecular complexity index is 1110. The van der Waals surface area contributed by atoms with E-state index in [2.05, 4.69) is 46.1 Å². The Hall–Kier alpha value is -2.80. The van der Waals surface area contributed by atoms with E-state index in [1.165, 1.54) is 11.8 Å². The van der Waals surface area contributed by atoms with E-state index in [1.54, 1.807) is 0 Å². The molecule has 0 radical (unpaired) electrons. The van der Waals surface area contributed by atoms with Crippen molar-refractivity contribution in [3.05, 3.63) is 54.1 Å². The second-order valence-electron chi connectivity index (χ2n) is 6.77. The molecule has 6 nitrogen and oxygen atoms in total. The van der Waals surface area contributed by atoms with Crippen LogP contribution in [-0.4, -0.2) is 30.8 Å². The van der Waals surface area contributed by atoms with Gasteiger partial charge in [0.05, 0.1) is 16.8 Å². The number of fused-ring (bicyclic) bond motifs is 3. The highest BCUT2D eigenvalue weighted by atomic mass is 32.2. The topological polar surface area (TPSA) is 64.2 Å². The predicted octanol–water partition coefficient (Wildman–Crippen LogP) is 4.30. The zero-order chi connectivity index (χ0) is 19.0. The van der Waals surface area contributed by atoms with Crippen LogP contribution in [-0.2, 0) is 4.79 Å². The summed E-state index contributed by atoms with van der Waals surface area (Å²) in [4.78, 5) is 12.3. The largest absolute Gasteiger partial charge is 0.325 e. The van der Waals surface area contributed by atoms with Crippen molar-refractivity contribution in [1.82, 2.24) is 19.2 Å². The van der Waals surface area contributed by atoms with Gasteiger partial charge in [-0.05, 0) is 45.0 Å². The highest BCUT2D eigenvalue weighted by Gasteiger charge is 2.19. The minimum Gasteiger partial charge on any atom is -0.325 e. The van der Waals surface area contributed by atoms with Crippen molar-refractivity contribution in [3.8, 4) is 0 Å². The normalized spacial score (nSPS) is 11.6. The first-order valence-electron chi connectivity index (χ1n) is 8.88. The molecule has 4 aromatic rings. The lowest BCUT2D eigenvalue weighted by Gasteiger charge is -2.07. The maximum atomic E-state index is 12.3. The highest BCUT2D eigenvalue weighted by molar-refractivity contribution is 7.99. The molecule has 0 saturated heterocycles. The first-order valence-corrected chi connectivity index (χ1v) is 9.86. The van der Waals surface area contributed by atoms with E-state index in [9.17, 15) is 4.79 Å². The van der Waals surface area contributed by atoms with E-state index in [4.69, 9.17) is 0 Å². The summed E-state index contributed by atoms with van der Waals surface area (Å²) >= 11 is 1.39. The molecule has 2 aromatic heterocycles.